The van der Waals surface area contributed by atoms with Crippen molar-refractivity contribution in [1.82, 2.24) is 5.32 Å². The molecule has 1 aromatic rings. The summed E-state index contributed by atoms with van der Waals surface area (Å²) in [5.74, 6) is -1.69. The van der Waals surface area contributed by atoms with Crippen molar-refractivity contribution in [2.24, 2.45) is 11.8 Å². The summed E-state index contributed by atoms with van der Waals surface area (Å²) in [6.07, 6.45) is 2.88. The van der Waals surface area contributed by atoms with Gasteiger partial charge < -0.3 is 10.4 Å². The van der Waals surface area contributed by atoms with Crippen LogP contribution in [0.25, 0.3) is 0 Å². The first kappa shape index (κ1) is 15.5. The van der Waals surface area contributed by atoms with Crippen LogP contribution in [-0.4, -0.2) is 23.5 Å². The smallest absolute Gasteiger partial charge is 0.306 e. The largest absolute Gasteiger partial charge is 0.481 e. The van der Waals surface area contributed by atoms with Crippen molar-refractivity contribution in [3.8, 4) is 0 Å². The Labute approximate surface area is 123 Å². The van der Waals surface area contributed by atoms with Gasteiger partial charge in [-0.25, -0.2) is 4.39 Å². The Morgan fingerprint density at radius 1 is 1.24 bits per heavy atom. The summed E-state index contributed by atoms with van der Waals surface area (Å²) in [7, 11) is 0. The standard InChI is InChI=1S/C16H20FNO3/c17-14-6-2-1-4-11(14)5-3-9-18-15(19)12-7-8-13(10-12)16(20)21/h1-2,4,6,12-13H,3,5,7-10H2,(H,18,19)(H,20,21)/t12-,13+/m0/s1. The fourth-order valence-electron chi connectivity index (χ4n) is 2.78. The van der Waals surface area contributed by atoms with Gasteiger partial charge in [-0.2, -0.15) is 0 Å². The van der Waals surface area contributed by atoms with Gasteiger partial charge in [-0.3, -0.25) is 9.59 Å². The fourth-order valence-corrected chi connectivity index (χ4v) is 2.78. The molecule has 0 bridgehead atoms. The Bertz CT molecular complexity index is 518. The quantitative estimate of drug-likeness (QED) is 0.791. The summed E-state index contributed by atoms with van der Waals surface area (Å²) in [5.41, 5.74) is 0.651. The first-order valence-corrected chi connectivity index (χ1v) is 7.32. The van der Waals surface area contributed by atoms with Crippen molar-refractivity contribution in [3.63, 3.8) is 0 Å². The number of aryl methyl sites for hydroxylation is 1. The van der Waals surface area contributed by atoms with Gasteiger partial charge in [0.05, 0.1) is 5.92 Å². The number of hydrogen-bond acceptors (Lipinski definition) is 2. The summed E-state index contributed by atoms with van der Waals surface area (Å²) in [6, 6.07) is 6.62. The van der Waals surface area contributed by atoms with Crippen molar-refractivity contribution in [1.29, 1.82) is 0 Å². The molecule has 2 atom stereocenters. The molecule has 0 saturated heterocycles. The normalized spacial score (nSPS) is 21.2. The molecule has 0 radical (unpaired) electrons. The van der Waals surface area contributed by atoms with Crippen LogP contribution in [0.3, 0.4) is 0 Å². The summed E-state index contributed by atoms with van der Waals surface area (Å²) in [4.78, 5) is 22.8. The van der Waals surface area contributed by atoms with Crippen LogP contribution in [0.1, 0.15) is 31.2 Å². The second-order valence-electron chi connectivity index (χ2n) is 5.53. The number of carboxylic acids is 1. The van der Waals surface area contributed by atoms with Crippen LogP contribution in [-0.2, 0) is 16.0 Å². The monoisotopic (exact) mass is 293 g/mol. The van der Waals surface area contributed by atoms with E-state index in [1.54, 1.807) is 18.2 Å². The molecule has 0 spiro atoms. The molecule has 0 aliphatic heterocycles. The Morgan fingerprint density at radius 2 is 1.95 bits per heavy atom. The molecule has 1 aliphatic rings. The highest BCUT2D eigenvalue weighted by atomic mass is 19.1. The highest BCUT2D eigenvalue weighted by Gasteiger charge is 2.33. The molecular formula is C16H20FNO3. The van der Waals surface area contributed by atoms with E-state index in [0.717, 1.165) is 0 Å². The molecule has 1 fully saturated rings. The molecule has 1 aliphatic carbocycles. The topological polar surface area (TPSA) is 66.4 Å². The minimum Gasteiger partial charge on any atom is -0.481 e. The zero-order chi connectivity index (χ0) is 15.2. The van der Waals surface area contributed by atoms with E-state index in [9.17, 15) is 14.0 Å². The maximum absolute atomic E-state index is 13.4. The Morgan fingerprint density at radius 3 is 2.62 bits per heavy atom. The predicted molar refractivity (Wildman–Crippen MR) is 76.2 cm³/mol. The number of carboxylic acid groups (broad SMARTS) is 1. The minimum absolute atomic E-state index is 0.0766. The summed E-state index contributed by atoms with van der Waals surface area (Å²) >= 11 is 0. The zero-order valence-corrected chi connectivity index (χ0v) is 11.8. The van der Waals surface area contributed by atoms with E-state index in [4.69, 9.17) is 5.11 Å². The number of benzene rings is 1. The maximum Gasteiger partial charge on any atom is 0.306 e. The lowest BCUT2D eigenvalue weighted by Crippen LogP contribution is -2.30. The van der Waals surface area contributed by atoms with E-state index in [2.05, 4.69) is 5.32 Å². The van der Waals surface area contributed by atoms with Crippen LogP contribution in [0.4, 0.5) is 4.39 Å². The van der Waals surface area contributed by atoms with Crippen LogP contribution in [0.5, 0.6) is 0 Å². The second-order valence-corrected chi connectivity index (χ2v) is 5.53. The third kappa shape index (κ3) is 4.28. The zero-order valence-electron chi connectivity index (χ0n) is 11.8. The van der Waals surface area contributed by atoms with Crippen LogP contribution < -0.4 is 5.32 Å². The Hall–Kier alpha value is -1.91. The van der Waals surface area contributed by atoms with Gasteiger partial charge in [0, 0.05) is 12.5 Å². The van der Waals surface area contributed by atoms with Crippen molar-refractivity contribution < 1.29 is 19.1 Å². The van der Waals surface area contributed by atoms with E-state index < -0.39 is 5.97 Å². The van der Waals surface area contributed by atoms with Gasteiger partial charge >= 0.3 is 5.97 Å². The summed E-state index contributed by atoms with van der Waals surface area (Å²) in [6.45, 7) is 0.488. The van der Waals surface area contributed by atoms with Crippen molar-refractivity contribution >= 4 is 11.9 Å². The number of carbonyl (C=O) groups is 2. The SMILES string of the molecule is O=C(O)[C@@H]1CC[C@H](C(=O)NCCCc2ccccc2F)C1. The predicted octanol–water partition coefficient (Wildman–Crippen LogP) is 2.38. The number of nitrogens with one attached hydrogen (secondary N) is 1. The molecular weight excluding hydrogens is 273 g/mol. The Balaban J connectivity index is 1.68. The molecule has 0 heterocycles. The lowest BCUT2D eigenvalue weighted by atomic mass is 10.0. The molecule has 4 nitrogen and oxygen atoms in total. The second kappa shape index (κ2) is 7.20. The van der Waals surface area contributed by atoms with Gasteiger partial charge in [0.25, 0.3) is 0 Å². The molecule has 2 N–H and O–H groups in total. The van der Waals surface area contributed by atoms with Crippen LogP contribution in [0.2, 0.25) is 0 Å². The van der Waals surface area contributed by atoms with E-state index in [1.165, 1.54) is 6.07 Å². The Kier molecular flexibility index (Phi) is 5.31. The van der Waals surface area contributed by atoms with E-state index in [-0.39, 0.29) is 23.6 Å². The van der Waals surface area contributed by atoms with Crippen molar-refractivity contribution in [3.05, 3.63) is 35.6 Å². The van der Waals surface area contributed by atoms with Gasteiger partial charge in [0.2, 0.25) is 5.91 Å². The molecule has 2 rings (SSSR count). The number of rotatable bonds is 6. The average Bonchev–Trinajstić information content (AvgIpc) is 2.95. The highest BCUT2D eigenvalue weighted by molar-refractivity contribution is 5.80. The molecule has 21 heavy (non-hydrogen) atoms. The summed E-state index contributed by atoms with van der Waals surface area (Å²) in [5, 5.41) is 11.7. The van der Waals surface area contributed by atoms with Crippen LogP contribution >= 0.6 is 0 Å². The molecule has 0 unspecified atom stereocenters. The van der Waals surface area contributed by atoms with Gasteiger partial charge in [-0.1, -0.05) is 18.2 Å². The van der Waals surface area contributed by atoms with Crippen molar-refractivity contribution in [2.45, 2.75) is 32.1 Å². The number of hydrogen-bond donors (Lipinski definition) is 2. The van der Waals surface area contributed by atoms with Crippen molar-refractivity contribution in [2.75, 3.05) is 6.54 Å². The maximum atomic E-state index is 13.4. The number of amides is 1. The van der Waals surface area contributed by atoms with Gasteiger partial charge in [-0.15, -0.1) is 0 Å². The summed E-state index contributed by atoms with van der Waals surface area (Å²) < 4.78 is 13.4. The molecule has 1 aromatic carbocycles. The molecule has 114 valence electrons. The molecule has 0 aromatic heterocycles. The number of carbonyl (C=O) groups excluding carboxylic acids is 1. The number of halogens is 1. The van der Waals surface area contributed by atoms with Crippen LogP contribution in [0.15, 0.2) is 24.3 Å². The van der Waals surface area contributed by atoms with Gasteiger partial charge in [0.1, 0.15) is 5.82 Å². The first-order valence-electron chi connectivity index (χ1n) is 7.32. The van der Waals surface area contributed by atoms with E-state index >= 15 is 0 Å². The van der Waals surface area contributed by atoms with E-state index in [1.807, 2.05) is 0 Å². The van der Waals surface area contributed by atoms with Crippen LogP contribution in [0, 0.1) is 17.7 Å². The third-order valence-corrected chi connectivity index (χ3v) is 4.03. The third-order valence-electron chi connectivity index (χ3n) is 4.03. The van der Waals surface area contributed by atoms with E-state index in [0.29, 0.717) is 44.2 Å². The fraction of sp³-hybridized carbons (Fsp3) is 0.500. The van der Waals surface area contributed by atoms with Gasteiger partial charge in [-0.05, 0) is 43.7 Å². The lowest BCUT2D eigenvalue weighted by molar-refractivity contribution is -0.141. The molecule has 5 heteroatoms. The molecule has 1 saturated carbocycles. The average molecular weight is 293 g/mol. The minimum atomic E-state index is -0.815. The lowest BCUT2D eigenvalue weighted by Gasteiger charge is -2.11. The van der Waals surface area contributed by atoms with Gasteiger partial charge in [0.15, 0.2) is 0 Å². The first-order chi connectivity index (χ1) is 10.1. The molecule has 1 amide bonds. The number of aliphatic carboxylic acids is 1. The highest BCUT2D eigenvalue weighted by Crippen LogP contribution is 2.31.